The van der Waals surface area contributed by atoms with Crippen molar-refractivity contribution in [2.45, 2.75) is 63.7 Å². The van der Waals surface area contributed by atoms with Gasteiger partial charge in [-0.05, 0) is 12.3 Å². The van der Waals surface area contributed by atoms with E-state index in [4.69, 9.17) is 15.5 Å². The highest BCUT2D eigenvalue weighted by Gasteiger charge is 2.24. The zero-order valence-corrected chi connectivity index (χ0v) is 13.7. The van der Waals surface area contributed by atoms with Crippen molar-refractivity contribution in [2.75, 3.05) is 0 Å². The van der Waals surface area contributed by atoms with Crippen LogP contribution in [0.3, 0.4) is 0 Å². The second-order valence-electron chi connectivity index (χ2n) is 6.19. The Balaban J connectivity index is 0.00000288. The summed E-state index contributed by atoms with van der Waals surface area (Å²) in [6.07, 6.45) is 9.22. The van der Waals surface area contributed by atoms with Crippen LogP contribution in [0.15, 0.2) is 4.52 Å². The highest BCUT2D eigenvalue weighted by molar-refractivity contribution is 5.88. The lowest BCUT2D eigenvalue weighted by Crippen LogP contribution is -2.21. The van der Waals surface area contributed by atoms with E-state index in [-0.39, 0.29) is 29.5 Å². The normalized spacial score (nSPS) is 16.2. The SMILES string of the molecule is NC(=O)c1noc([C@H](CCCC2CCCCC2)CC(=O)NO)n1.O. The lowest BCUT2D eigenvalue weighted by atomic mass is 9.84. The molecule has 9 nitrogen and oxygen atoms in total. The molecule has 0 unspecified atom stereocenters. The van der Waals surface area contributed by atoms with Crippen LogP contribution in [0.5, 0.6) is 0 Å². The molecule has 1 aromatic rings. The molecule has 0 radical (unpaired) electrons. The maximum atomic E-state index is 11.5. The Morgan fingerprint density at radius 2 is 2.04 bits per heavy atom. The van der Waals surface area contributed by atoms with Crippen LogP contribution in [-0.4, -0.2) is 32.6 Å². The first kappa shape index (κ1) is 20.0. The van der Waals surface area contributed by atoms with E-state index in [0.29, 0.717) is 6.42 Å². The third-order valence-electron chi connectivity index (χ3n) is 4.46. The Kier molecular flexibility index (Phi) is 8.34. The van der Waals surface area contributed by atoms with Crippen LogP contribution in [0.4, 0.5) is 0 Å². The summed E-state index contributed by atoms with van der Waals surface area (Å²) in [6, 6.07) is 0. The first-order chi connectivity index (χ1) is 11.1. The molecule has 1 fully saturated rings. The molecule has 1 saturated carbocycles. The van der Waals surface area contributed by atoms with Gasteiger partial charge < -0.3 is 15.7 Å². The first-order valence-corrected chi connectivity index (χ1v) is 8.16. The lowest BCUT2D eigenvalue weighted by Gasteiger charge is -2.22. The highest BCUT2D eigenvalue weighted by atomic mass is 16.5. The zero-order chi connectivity index (χ0) is 16.7. The van der Waals surface area contributed by atoms with Gasteiger partial charge in [0.1, 0.15) is 0 Å². The van der Waals surface area contributed by atoms with Crippen LogP contribution in [0.25, 0.3) is 0 Å². The molecule has 1 aliphatic rings. The van der Waals surface area contributed by atoms with Gasteiger partial charge >= 0.3 is 0 Å². The molecule has 0 aliphatic heterocycles. The molecule has 136 valence electrons. The molecule has 9 heteroatoms. The van der Waals surface area contributed by atoms with E-state index in [0.717, 1.165) is 18.8 Å². The predicted octanol–water partition coefficient (Wildman–Crippen LogP) is 1.07. The molecule has 24 heavy (non-hydrogen) atoms. The molecule has 1 heterocycles. The average Bonchev–Trinajstić information content (AvgIpc) is 3.05. The maximum Gasteiger partial charge on any atom is 0.290 e. The Morgan fingerprint density at radius 1 is 1.33 bits per heavy atom. The topological polar surface area (TPSA) is 163 Å². The largest absolute Gasteiger partial charge is 0.412 e. The number of amides is 2. The fourth-order valence-electron chi connectivity index (χ4n) is 3.21. The van der Waals surface area contributed by atoms with Gasteiger partial charge in [0.15, 0.2) is 0 Å². The van der Waals surface area contributed by atoms with Crippen LogP contribution < -0.4 is 11.2 Å². The van der Waals surface area contributed by atoms with Gasteiger partial charge in [-0.15, -0.1) is 0 Å². The second-order valence-corrected chi connectivity index (χ2v) is 6.19. The monoisotopic (exact) mass is 342 g/mol. The van der Waals surface area contributed by atoms with Crippen LogP contribution in [0.2, 0.25) is 0 Å². The molecule has 0 bridgehead atoms. The minimum absolute atomic E-state index is 0. The van der Waals surface area contributed by atoms with E-state index in [1.54, 1.807) is 5.48 Å². The maximum absolute atomic E-state index is 11.5. The van der Waals surface area contributed by atoms with E-state index in [9.17, 15) is 9.59 Å². The molecule has 2 rings (SSSR count). The van der Waals surface area contributed by atoms with Gasteiger partial charge in [-0.25, -0.2) is 5.48 Å². The number of nitrogens with one attached hydrogen (secondary N) is 1. The van der Waals surface area contributed by atoms with Crippen LogP contribution in [0.1, 0.15) is 80.2 Å². The number of hydrogen-bond acceptors (Lipinski definition) is 6. The number of carbonyl (C=O) groups is 2. The van der Waals surface area contributed by atoms with Crippen LogP contribution >= 0.6 is 0 Å². The summed E-state index contributed by atoms with van der Waals surface area (Å²) < 4.78 is 5.05. The third-order valence-corrected chi connectivity index (χ3v) is 4.46. The number of primary amides is 1. The van der Waals surface area contributed by atoms with Gasteiger partial charge in [-0.3, -0.25) is 14.8 Å². The number of carbonyl (C=O) groups excluding carboxylic acids is 2. The highest BCUT2D eigenvalue weighted by Crippen LogP contribution is 2.30. The third kappa shape index (κ3) is 5.89. The van der Waals surface area contributed by atoms with E-state index in [1.807, 2.05) is 0 Å². The Labute approximate surface area is 140 Å². The molecule has 1 atom stereocenters. The van der Waals surface area contributed by atoms with Crippen LogP contribution in [0, 0.1) is 5.92 Å². The van der Waals surface area contributed by atoms with Gasteiger partial charge in [-0.1, -0.05) is 50.1 Å². The van der Waals surface area contributed by atoms with Crippen molar-refractivity contribution in [2.24, 2.45) is 11.7 Å². The smallest absolute Gasteiger partial charge is 0.290 e. The molecule has 1 aliphatic carbocycles. The number of hydroxylamine groups is 1. The minimum Gasteiger partial charge on any atom is -0.412 e. The molecule has 6 N–H and O–H groups in total. The quantitative estimate of drug-likeness (QED) is 0.472. The van der Waals surface area contributed by atoms with Gasteiger partial charge in [-0.2, -0.15) is 4.98 Å². The van der Waals surface area contributed by atoms with Crippen molar-refractivity contribution < 1.29 is 24.8 Å². The van der Waals surface area contributed by atoms with Crippen molar-refractivity contribution in [1.82, 2.24) is 15.6 Å². The van der Waals surface area contributed by atoms with Gasteiger partial charge in [0.05, 0.1) is 0 Å². The summed E-state index contributed by atoms with van der Waals surface area (Å²) in [5.74, 6) is -0.849. The van der Waals surface area contributed by atoms with Crippen molar-refractivity contribution in [3.05, 3.63) is 11.7 Å². The Morgan fingerprint density at radius 3 is 2.62 bits per heavy atom. The Bertz CT molecular complexity index is 528. The van der Waals surface area contributed by atoms with Crippen molar-refractivity contribution in [3.8, 4) is 0 Å². The number of rotatable bonds is 8. The van der Waals surface area contributed by atoms with E-state index >= 15 is 0 Å². The van der Waals surface area contributed by atoms with Crippen molar-refractivity contribution in [3.63, 3.8) is 0 Å². The minimum atomic E-state index is -0.771. The number of aromatic nitrogens is 2. The molecular formula is C15H26N4O5. The van der Waals surface area contributed by atoms with E-state index < -0.39 is 11.8 Å². The van der Waals surface area contributed by atoms with Crippen molar-refractivity contribution in [1.29, 1.82) is 0 Å². The summed E-state index contributed by atoms with van der Waals surface area (Å²) in [6.45, 7) is 0. The van der Waals surface area contributed by atoms with Crippen LogP contribution in [-0.2, 0) is 4.79 Å². The molecular weight excluding hydrogens is 316 g/mol. The fourth-order valence-corrected chi connectivity index (χ4v) is 3.21. The molecule has 0 spiro atoms. The predicted molar refractivity (Wildman–Crippen MR) is 84.1 cm³/mol. The summed E-state index contributed by atoms with van der Waals surface area (Å²) in [7, 11) is 0. The first-order valence-electron chi connectivity index (χ1n) is 8.16. The summed E-state index contributed by atoms with van der Waals surface area (Å²) >= 11 is 0. The lowest BCUT2D eigenvalue weighted by molar-refractivity contribution is -0.129. The molecule has 0 saturated heterocycles. The molecule has 2 amide bonds. The summed E-state index contributed by atoms with van der Waals surface area (Å²) in [5, 5.41) is 12.2. The number of nitrogens with zero attached hydrogens (tertiary/aromatic N) is 2. The molecule has 1 aromatic heterocycles. The standard InChI is InChI=1S/C15H24N4O4.H2O/c16-13(21)14-17-15(23-19-14)11(9-12(20)18-22)8-4-7-10-5-2-1-3-6-10;/h10-11,22H,1-9H2,(H2,16,21)(H,18,20);1H2/t11-;/m1./s1. The Hall–Kier alpha value is -2.00. The number of nitrogens with two attached hydrogens (primary N) is 1. The number of hydrogen-bond donors (Lipinski definition) is 3. The zero-order valence-electron chi connectivity index (χ0n) is 13.7. The second kappa shape index (κ2) is 9.99. The average molecular weight is 342 g/mol. The van der Waals surface area contributed by atoms with Gasteiger partial charge in [0.25, 0.3) is 11.7 Å². The van der Waals surface area contributed by atoms with Gasteiger partial charge in [0, 0.05) is 12.3 Å². The summed E-state index contributed by atoms with van der Waals surface area (Å²) in [4.78, 5) is 26.5. The van der Waals surface area contributed by atoms with Gasteiger partial charge in [0.2, 0.25) is 11.8 Å². The van der Waals surface area contributed by atoms with E-state index in [1.165, 1.54) is 32.1 Å². The summed E-state index contributed by atoms with van der Waals surface area (Å²) in [5.41, 5.74) is 6.72. The fraction of sp³-hybridized carbons (Fsp3) is 0.733. The van der Waals surface area contributed by atoms with Crippen molar-refractivity contribution >= 4 is 11.8 Å². The van der Waals surface area contributed by atoms with E-state index in [2.05, 4.69) is 10.1 Å². The molecule has 0 aromatic carbocycles.